The Morgan fingerprint density at radius 3 is 2.26 bits per heavy atom. The van der Waals surface area contributed by atoms with Gasteiger partial charge in [0.25, 0.3) is 0 Å². The molecule has 0 saturated carbocycles. The molecule has 3 N–H and O–H groups in total. The Bertz CT molecular complexity index is 1210. The number of rotatable bonds is 2. The van der Waals surface area contributed by atoms with E-state index < -0.39 is 73.3 Å². The third kappa shape index (κ3) is 2.69. The van der Waals surface area contributed by atoms with Crippen molar-refractivity contribution in [3.8, 4) is 5.69 Å². The molecular weight excluding hydrogens is 399 g/mol. The molecule has 5 nitrogen and oxygen atoms in total. The van der Waals surface area contributed by atoms with E-state index in [0.717, 1.165) is 0 Å². The van der Waals surface area contributed by atoms with Gasteiger partial charge in [0.15, 0.2) is 29.1 Å². The lowest BCUT2D eigenvalue weighted by atomic mass is 10.1. The molecule has 0 aliphatic rings. The molecule has 0 aliphatic heterocycles. The maximum Gasteiger partial charge on any atom is 0.341 e. The summed E-state index contributed by atoms with van der Waals surface area (Å²) < 4.78 is 70.0. The number of nitrogen functional groups attached to an aromatic ring is 1. The Labute approximate surface area is 151 Å². The van der Waals surface area contributed by atoms with Crippen LogP contribution in [0.3, 0.4) is 0 Å². The van der Waals surface area contributed by atoms with Crippen LogP contribution in [-0.4, -0.2) is 15.6 Å². The molecule has 3 aromatic rings. The zero-order valence-corrected chi connectivity index (χ0v) is 13.5. The summed E-state index contributed by atoms with van der Waals surface area (Å²) in [7, 11) is 0. The Morgan fingerprint density at radius 1 is 1.04 bits per heavy atom. The normalized spacial score (nSPS) is 11.2. The second kappa shape index (κ2) is 6.23. The monoisotopic (exact) mass is 404 g/mol. The molecular formula is C16H6ClF5N2O3. The van der Waals surface area contributed by atoms with Gasteiger partial charge in [-0.05, 0) is 6.07 Å². The summed E-state index contributed by atoms with van der Waals surface area (Å²) in [6.45, 7) is 0. The molecule has 0 atom stereocenters. The van der Waals surface area contributed by atoms with E-state index >= 15 is 0 Å². The predicted octanol–water partition coefficient (Wildman–Crippen LogP) is 3.62. The number of aromatic nitrogens is 1. The molecule has 1 heterocycles. The summed E-state index contributed by atoms with van der Waals surface area (Å²) in [5.41, 5.74) is -0.0915. The van der Waals surface area contributed by atoms with E-state index in [4.69, 9.17) is 22.4 Å². The average molecular weight is 405 g/mol. The number of halogens is 6. The van der Waals surface area contributed by atoms with Crippen LogP contribution < -0.4 is 11.2 Å². The smallest absolute Gasteiger partial charge is 0.341 e. The molecule has 2 aromatic carbocycles. The lowest BCUT2D eigenvalue weighted by molar-refractivity contribution is 0.0695. The van der Waals surface area contributed by atoms with E-state index in [1.807, 2.05) is 0 Å². The van der Waals surface area contributed by atoms with Gasteiger partial charge >= 0.3 is 5.97 Å². The van der Waals surface area contributed by atoms with Crippen LogP contribution in [0.25, 0.3) is 16.6 Å². The highest BCUT2D eigenvalue weighted by Gasteiger charge is 2.26. The molecule has 0 spiro atoms. The summed E-state index contributed by atoms with van der Waals surface area (Å²) in [5.74, 6) is -9.70. The first-order valence-corrected chi connectivity index (χ1v) is 7.33. The number of hydrogen-bond acceptors (Lipinski definition) is 3. The average Bonchev–Trinajstić information content (AvgIpc) is 2.59. The van der Waals surface area contributed by atoms with Gasteiger partial charge in [0, 0.05) is 12.3 Å². The predicted molar refractivity (Wildman–Crippen MR) is 85.7 cm³/mol. The van der Waals surface area contributed by atoms with Crippen molar-refractivity contribution >= 4 is 34.2 Å². The van der Waals surface area contributed by atoms with Gasteiger partial charge in [0.2, 0.25) is 5.43 Å². The molecule has 0 saturated heterocycles. The molecule has 0 aliphatic carbocycles. The maximum atomic E-state index is 14.4. The SMILES string of the molecule is Nc1c(F)cc(F)c(-n2cc(C(=O)O)c(=O)c3cc(F)c(F)c(Cl)c32)c1F. The number of carbonyl (C=O) groups is 1. The first kappa shape index (κ1) is 18.6. The largest absolute Gasteiger partial charge is 0.477 e. The lowest BCUT2D eigenvalue weighted by Gasteiger charge is -2.16. The Hall–Kier alpha value is -3.14. The van der Waals surface area contributed by atoms with Crippen molar-refractivity contribution in [3.63, 3.8) is 0 Å². The standard InChI is InChI=1S/C16H6ClF5N2O3/c17-9-10(21)6(18)1-4-13(9)24(3-5(15(4)25)16(26)27)14-8(20)2-7(19)12(23)11(14)22/h1-3H,23H2,(H,26,27). The zero-order valence-electron chi connectivity index (χ0n) is 12.8. The number of benzene rings is 2. The number of carboxylic acid groups (broad SMARTS) is 1. The zero-order chi connectivity index (χ0) is 20.2. The molecule has 3 rings (SSSR count). The number of anilines is 1. The van der Waals surface area contributed by atoms with E-state index in [1.165, 1.54) is 0 Å². The van der Waals surface area contributed by atoms with Crippen molar-refractivity contribution in [2.45, 2.75) is 0 Å². The van der Waals surface area contributed by atoms with Crippen molar-refractivity contribution < 1.29 is 31.9 Å². The minimum atomic E-state index is -1.81. The van der Waals surface area contributed by atoms with Gasteiger partial charge in [-0.25, -0.2) is 26.7 Å². The van der Waals surface area contributed by atoms with Gasteiger partial charge in [0.05, 0.1) is 10.9 Å². The highest BCUT2D eigenvalue weighted by Crippen LogP contribution is 2.33. The highest BCUT2D eigenvalue weighted by molar-refractivity contribution is 6.35. The number of hydrogen-bond donors (Lipinski definition) is 2. The molecule has 0 bridgehead atoms. The number of pyridine rings is 1. The van der Waals surface area contributed by atoms with Gasteiger partial charge in [-0.1, -0.05) is 11.6 Å². The first-order valence-electron chi connectivity index (χ1n) is 6.95. The Kier molecular flexibility index (Phi) is 4.31. The molecule has 140 valence electrons. The van der Waals surface area contributed by atoms with Crippen LogP contribution in [0.5, 0.6) is 0 Å². The highest BCUT2D eigenvalue weighted by atomic mass is 35.5. The van der Waals surface area contributed by atoms with E-state index in [0.29, 0.717) is 16.8 Å². The third-order valence-electron chi connectivity index (χ3n) is 3.78. The van der Waals surface area contributed by atoms with Gasteiger partial charge in [-0.3, -0.25) is 4.79 Å². The van der Waals surface area contributed by atoms with Crippen LogP contribution in [0.15, 0.2) is 23.1 Å². The van der Waals surface area contributed by atoms with Crippen LogP contribution in [0, 0.1) is 29.1 Å². The maximum absolute atomic E-state index is 14.4. The van der Waals surface area contributed by atoms with E-state index in [2.05, 4.69) is 0 Å². The molecule has 0 amide bonds. The Morgan fingerprint density at radius 2 is 1.67 bits per heavy atom. The topological polar surface area (TPSA) is 85.3 Å². The van der Waals surface area contributed by atoms with Crippen LogP contribution in [0.1, 0.15) is 10.4 Å². The minimum absolute atomic E-state index is 0.200. The van der Waals surface area contributed by atoms with Gasteiger partial charge in [-0.15, -0.1) is 0 Å². The van der Waals surface area contributed by atoms with Gasteiger partial charge in [-0.2, -0.15) is 0 Å². The Balaban J connectivity index is 2.64. The molecule has 27 heavy (non-hydrogen) atoms. The summed E-state index contributed by atoms with van der Waals surface area (Å²) in [6, 6.07) is 0.538. The first-order chi connectivity index (χ1) is 12.6. The summed E-state index contributed by atoms with van der Waals surface area (Å²) >= 11 is 5.69. The van der Waals surface area contributed by atoms with Crippen molar-refractivity contribution in [3.05, 3.63) is 68.2 Å². The van der Waals surface area contributed by atoms with E-state index in [-0.39, 0.29) is 6.07 Å². The fourth-order valence-corrected chi connectivity index (χ4v) is 2.82. The van der Waals surface area contributed by atoms with Crippen molar-refractivity contribution in [1.82, 2.24) is 4.57 Å². The third-order valence-corrected chi connectivity index (χ3v) is 4.12. The number of fused-ring (bicyclic) bond motifs is 1. The fourth-order valence-electron chi connectivity index (χ4n) is 2.54. The molecule has 1 aromatic heterocycles. The fraction of sp³-hybridized carbons (Fsp3) is 0. The van der Waals surface area contributed by atoms with Crippen LogP contribution in [0.2, 0.25) is 5.02 Å². The molecule has 0 unspecified atom stereocenters. The summed E-state index contributed by atoms with van der Waals surface area (Å²) in [4.78, 5) is 23.5. The molecule has 0 radical (unpaired) electrons. The van der Waals surface area contributed by atoms with Crippen LogP contribution in [0.4, 0.5) is 27.6 Å². The van der Waals surface area contributed by atoms with Crippen molar-refractivity contribution in [1.29, 1.82) is 0 Å². The quantitative estimate of drug-likeness (QED) is 0.388. The minimum Gasteiger partial charge on any atom is -0.477 e. The summed E-state index contributed by atoms with van der Waals surface area (Å²) in [5, 5.41) is 7.34. The van der Waals surface area contributed by atoms with Crippen molar-refractivity contribution in [2.75, 3.05) is 5.73 Å². The number of carboxylic acids is 1. The number of nitrogens with zero attached hydrogens (tertiary/aromatic N) is 1. The number of aromatic carboxylic acids is 1. The lowest BCUT2D eigenvalue weighted by Crippen LogP contribution is -2.20. The van der Waals surface area contributed by atoms with E-state index in [9.17, 15) is 31.5 Å². The van der Waals surface area contributed by atoms with Crippen LogP contribution >= 0.6 is 11.6 Å². The van der Waals surface area contributed by atoms with Gasteiger partial charge in [0.1, 0.15) is 22.0 Å². The number of nitrogens with two attached hydrogens (primary N) is 1. The second-order valence-electron chi connectivity index (χ2n) is 5.35. The van der Waals surface area contributed by atoms with Crippen molar-refractivity contribution in [2.24, 2.45) is 0 Å². The summed E-state index contributed by atoms with van der Waals surface area (Å²) in [6.07, 6.45) is 0.453. The molecule has 11 heteroatoms. The van der Waals surface area contributed by atoms with Gasteiger partial charge < -0.3 is 15.4 Å². The molecule has 0 fully saturated rings. The second-order valence-corrected chi connectivity index (χ2v) is 5.72. The van der Waals surface area contributed by atoms with Crippen LogP contribution in [-0.2, 0) is 0 Å². The van der Waals surface area contributed by atoms with E-state index in [1.54, 1.807) is 0 Å².